The maximum absolute atomic E-state index is 4.38. The van der Waals surface area contributed by atoms with E-state index >= 15 is 0 Å². The SMILES string of the molecule is CC(C)[O][Ni]. The van der Waals surface area contributed by atoms with Crippen molar-refractivity contribution in [2.24, 2.45) is 0 Å². The van der Waals surface area contributed by atoms with Crippen molar-refractivity contribution >= 4 is 0 Å². The summed E-state index contributed by atoms with van der Waals surface area (Å²) in [6.45, 7) is 3.81. The molecule has 0 saturated heterocycles. The van der Waals surface area contributed by atoms with Crippen LogP contribution in [-0.2, 0) is 19.7 Å². The van der Waals surface area contributed by atoms with Gasteiger partial charge in [-0.15, -0.1) is 0 Å². The molecule has 2 heteroatoms. The summed E-state index contributed by atoms with van der Waals surface area (Å²) in [7, 11) is 0. The quantitative estimate of drug-likeness (QED) is 0.464. The molecule has 0 aliphatic heterocycles. The predicted molar refractivity (Wildman–Crippen MR) is 16.2 cm³/mol. The van der Waals surface area contributed by atoms with Gasteiger partial charge in [-0.3, -0.25) is 0 Å². The summed E-state index contributed by atoms with van der Waals surface area (Å²) < 4.78 is 4.38. The molecule has 0 rings (SSSR count). The summed E-state index contributed by atoms with van der Waals surface area (Å²) in [4.78, 5) is 0. The van der Waals surface area contributed by atoms with Gasteiger partial charge in [0.15, 0.2) is 0 Å². The van der Waals surface area contributed by atoms with E-state index in [1.165, 1.54) is 0 Å². The van der Waals surface area contributed by atoms with Crippen LogP contribution in [0.5, 0.6) is 0 Å². The Bertz CT molecular complexity index is 20.9. The van der Waals surface area contributed by atoms with Gasteiger partial charge in [-0.2, -0.15) is 0 Å². The van der Waals surface area contributed by atoms with Gasteiger partial charge in [0, 0.05) is 0 Å². The fourth-order valence-corrected chi connectivity index (χ4v) is 0. The van der Waals surface area contributed by atoms with Crippen LogP contribution in [0.15, 0.2) is 0 Å². The van der Waals surface area contributed by atoms with Gasteiger partial charge in [0.2, 0.25) is 0 Å². The molecule has 0 aromatic heterocycles. The molecule has 0 aliphatic carbocycles. The van der Waals surface area contributed by atoms with Crippen molar-refractivity contribution in [3.05, 3.63) is 0 Å². The van der Waals surface area contributed by atoms with E-state index in [0.717, 1.165) is 0 Å². The van der Waals surface area contributed by atoms with Crippen LogP contribution in [0.2, 0.25) is 0 Å². The summed E-state index contributed by atoms with van der Waals surface area (Å²) in [5, 5.41) is 0. The summed E-state index contributed by atoms with van der Waals surface area (Å²) in [6.07, 6.45) is 0.218. The average molecular weight is 118 g/mol. The van der Waals surface area contributed by atoms with Gasteiger partial charge < -0.3 is 0 Å². The maximum atomic E-state index is 4.38. The second-order valence-electron chi connectivity index (χ2n) is 1.12. The third-order valence-corrected chi connectivity index (χ3v) is 0.615. The van der Waals surface area contributed by atoms with Gasteiger partial charge in [-0.05, 0) is 0 Å². The van der Waals surface area contributed by atoms with Crippen LogP contribution in [0.4, 0.5) is 0 Å². The molecular formula is C3H7NiO. The molecule has 0 unspecified atom stereocenters. The Labute approximate surface area is 40.4 Å². The monoisotopic (exact) mass is 117 g/mol. The topological polar surface area (TPSA) is 9.23 Å². The summed E-state index contributed by atoms with van der Waals surface area (Å²) in [5.74, 6) is 0. The molecule has 0 N–H and O–H groups in total. The fourth-order valence-electron chi connectivity index (χ4n) is 0. The molecule has 0 amide bonds. The molecule has 1 nitrogen and oxygen atoms in total. The van der Waals surface area contributed by atoms with E-state index in [2.05, 4.69) is 19.7 Å². The standard InChI is InChI=1S/C3H7O.Ni/c1-3(2)4;/h3H,1-2H3;/q-1;+1. The minimum absolute atomic E-state index is 0.218. The third-order valence-electron chi connectivity index (χ3n) is 0.149. The fraction of sp³-hybridized carbons (Fsp3) is 1.00. The van der Waals surface area contributed by atoms with Crippen molar-refractivity contribution in [1.82, 2.24) is 0 Å². The summed E-state index contributed by atoms with van der Waals surface area (Å²) in [6, 6.07) is 0. The molecule has 5 heavy (non-hydrogen) atoms. The Balaban J connectivity index is 2.54. The van der Waals surface area contributed by atoms with Crippen molar-refractivity contribution in [3.8, 4) is 0 Å². The number of hydrogen-bond acceptors (Lipinski definition) is 1. The molecular weight excluding hydrogens is 111 g/mol. The molecule has 0 heterocycles. The van der Waals surface area contributed by atoms with Gasteiger partial charge in [0.1, 0.15) is 0 Å². The van der Waals surface area contributed by atoms with Gasteiger partial charge in [-0.1, -0.05) is 0 Å². The first-order valence-corrected chi connectivity index (χ1v) is 1.92. The first kappa shape index (κ1) is 5.45. The Morgan fingerprint density at radius 1 is 1.60 bits per heavy atom. The van der Waals surface area contributed by atoms with Gasteiger partial charge >= 0.3 is 39.6 Å². The van der Waals surface area contributed by atoms with Crippen LogP contribution in [-0.4, -0.2) is 6.10 Å². The second kappa shape index (κ2) is 2.68. The number of rotatable bonds is 1. The molecule has 0 saturated carbocycles. The zero-order valence-corrected chi connectivity index (χ0v) is 4.29. The normalized spacial score (nSPS) is 9.80. The Morgan fingerprint density at radius 2 is 1.80 bits per heavy atom. The second-order valence-corrected chi connectivity index (χ2v) is 1.36. The van der Waals surface area contributed by atoms with E-state index in [1.54, 1.807) is 0 Å². The first-order chi connectivity index (χ1) is 2.27. The molecule has 0 radical (unpaired) electrons. The van der Waals surface area contributed by atoms with E-state index in [0.29, 0.717) is 0 Å². The van der Waals surface area contributed by atoms with Crippen molar-refractivity contribution < 1.29 is 19.7 Å². The Hall–Kier alpha value is 0.454. The van der Waals surface area contributed by atoms with E-state index in [1.807, 2.05) is 13.8 Å². The van der Waals surface area contributed by atoms with E-state index < -0.39 is 0 Å². The van der Waals surface area contributed by atoms with E-state index in [-0.39, 0.29) is 6.10 Å². The molecule has 0 spiro atoms. The molecule has 0 fully saturated rings. The predicted octanol–water partition coefficient (Wildman–Crippen LogP) is 0.873. The van der Waals surface area contributed by atoms with Gasteiger partial charge in [0.05, 0.1) is 0 Å². The number of hydrogen-bond donors (Lipinski definition) is 0. The van der Waals surface area contributed by atoms with Crippen molar-refractivity contribution in [2.75, 3.05) is 0 Å². The molecule has 0 aromatic rings. The van der Waals surface area contributed by atoms with Crippen molar-refractivity contribution in [1.29, 1.82) is 0 Å². The molecule has 0 atom stereocenters. The molecule has 0 aromatic carbocycles. The third kappa shape index (κ3) is 4.45. The van der Waals surface area contributed by atoms with Crippen LogP contribution < -0.4 is 0 Å². The van der Waals surface area contributed by atoms with Gasteiger partial charge in [0.25, 0.3) is 0 Å². The van der Waals surface area contributed by atoms with E-state index in [4.69, 9.17) is 0 Å². The van der Waals surface area contributed by atoms with Crippen molar-refractivity contribution in [3.63, 3.8) is 0 Å². The zero-order chi connectivity index (χ0) is 4.28. The van der Waals surface area contributed by atoms with E-state index in [9.17, 15) is 0 Å². The molecule has 35 valence electrons. The summed E-state index contributed by atoms with van der Waals surface area (Å²) in [5.41, 5.74) is 0. The van der Waals surface area contributed by atoms with Crippen LogP contribution in [0.25, 0.3) is 0 Å². The Morgan fingerprint density at radius 3 is 1.80 bits per heavy atom. The molecule has 0 bridgehead atoms. The summed E-state index contributed by atoms with van der Waals surface area (Å²) >= 11 is 3.93. The Kier molecular flexibility index (Phi) is 2.92. The average Bonchev–Trinajstić information content (AvgIpc) is 1.38. The van der Waals surface area contributed by atoms with Crippen LogP contribution in [0.1, 0.15) is 13.8 Å². The molecule has 0 aliphatic rings. The minimum atomic E-state index is 0.218. The van der Waals surface area contributed by atoms with Gasteiger partial charge in [-0.25, -0.2) is 0 Å². The van der Waals surface area contributed by atoms with Crippen molar-refractivity contribution in [2.45, 2.75) is 20.0 Å². The van der Waals surface area contributed by atoms with Crippen LogP contribution in [0, 0.1) is 0 Å². The van der Waals surface area contributed by atoms with Crippen LogP contribution >= 0.6 is 0 Å². The van der Waals surface area contributed by atoms with Crippen LogP contribution in [0.3, 0.4) is 0 Å². The first-order valence-electron chi connectivity index (χ1n) is 1.52. The zero-order valence-electron chi connectivity index (χ0n) is 3.30.